The molecule has 0 bridgehead atoms. The second kappa shape index (κ2) is 6.02. The van der Waals surface area contributed by atoms with Crippen LogP contribution in [-0.4, -0.2) is 49.1 Å². The molecule has 116 valence electrons. The van der Waals surface area contributed by atoms with Crippen LogP contribution >= 0.6 is 0 Å². The smallest absolute Gasteiger partial charge is 0.243 e. The maximum atomic E-state index is 12.6. The number of anilines is 1. The van der Waals surface area contributed by atoms with Crippen molar-refractivity contribution in [2.45, 2.75) is 11.8 Å². The van der Waals surface area contributed by atoms with Gasteiger partial charge in [-0.2, -0.15) is 9.40 Å². The van der Waals surface area contributed by atoms with Crippen molar-refractivity contribution in [3.05, 3.63) is 48.2 Å². The van der Waals surface area contributed by atoms with Crippen molar-refractivity contribution in [3.8, 4) is 0 Å². The summed E-state index contributed by atoms with van der Waals surface area (Å²) in [6, 6.07) is 10.7. The van der Waals surface area contributed by atoms with Crippen LogP contribution in [0.3, 0.4) is 0 Å². The van der Waals surface area contributed by atoms with Gasteiger partial charge in [0.05, 0.1) is 4.90 Å². The van der Waals surface area contributed by atoms with Gasteiger partial charge in [-0.15, -0.1) is 5.10 Å². The number of benzene rings is 1. The van der Waals surface area contributed by atoms with Gasteiger partial charge in [-0.1, -0.05) is 17.7 Å². The summed E-state index contributed by atoms with van der Waals surface area (Å²) in [6.07, 6.45) is 1.63. The lowest BCUT2D eigenvalue weighted by Gasteiger charge is -2.34. The molecule has 0 unspecified atom stereocenters. The summed E-state index contributed by atoms with van der Waals surface area (Å²) >= 11 is 0. The van der Waals surface area contributed by atoms with Gasteiger partial charge >= 0.3 is 0 Å². The van der Waals surface area contributed by atoms with Gasteiger partial charge in [0.25, 0.3) is 0 Å². The fraction of sp³-hybridized carbons (Fsp3) is 0.333. The van der Waals surface area contributed by atoms with Gasteiger partial charge in [0.2, 0.25) is 10.0 Å². The number of nitrogens with zero attached hydrogens (tertiary/aromatic N) is 4. The largest absolute Gasteiger partial charge is 0.352 e. The van der Waals surface area contributed by atoms with Gasteiger partial charge in [-0.3, -0.25) is 0 Å². The Morgan fingerprint density at radius 2 is 1.68 bits per heavy atom. The lowest BCUT2D eigenvalue weighted by atomic mass is 10.2. The number of hydrogen-bond acceptors (Lipinski definition) is 5. The minimum atomic E-state index is -3.41. The van der Waals surface area contributed by atoms with E-state index in [1.165, 1.54) is 4.31 Å². The normalized spacial score (nSPS) is 16.7. The van der Waals surface area contributed by atoms with E-state index in [1.54, 1.807) is 18.3 Å². The molecule has 1 aromatic carbocycles. The quantitative estimate of drug-likeness (QED) is 0.853. The number of aryl methyl sites for hydroxylation is 1. The molecule has 1 aliphatic rings. The molecule has 6 nitrogen and oxygen atoms in total. The molecule has 3 rings (SSSR count). The summed E-state index contributed by atoms with van der Waals surface area (Å²) in [7, 11) is -3.41. The molecular formula is C15H18N4O2S. The number of piperazine rings is 1. The Morgan fingerprint density at radius 1 is 1.00 bits per heavy atom. The van der Waals surface area contributed by atoms with Gasteiger partial charge in [0, 0.05) is 32.4 Å². The number of sulfonamides is 1. The van der Waals surface area contributed by atoms with Gasteiger partial charge in [-0.25, -0.2) is 8.42 Å². The van der Waals surface area contributed by atoms with Crippen LogP contribution in [0.1, 0.15) is 5.56 Å². The zero-order valence-electron chi connectivity index (χ0n) is 12.4. The summed E-state index contributed by atoms with van der Waals surface area (Å²) in [5, 5.41) is 7.93. The SMILES string of the molecule is Cc1ccc(S(=O)(=O)N2CCN(c3cccnn3)CC2)cc1. The van der Waals surface area contributed by atoms with Crippen molar-refractivity contribution in [1.82, 2.24) is 14.5 Å². The van der Waals surface area contributed by atoms with E-state index in [1.807, 2.05) is 36.1 Å². The van der Waals surface area contributed by atoms with Crippen molar-refractivity contribution >= 4 is 15.8 Å². The summed E-state index contributed by atoms with van der Waals surface area (Å²) in [5.41, 5.74) is 1.05. The predicted octanol–water partition coefficient (Wildman–Crippen LogP) is 1.30. The van der Waals surface area contributed by atoms with Crippen LogP contribution in [0.25, 0.3) is 0 Å². The third-order valence-electron chi connectivity index (χ3n) is 3.78. The Bertz CT molecular complexity index is 724. The van der Waals surface area contributed by atoms with Gasteiger partial charge in [0.1, 0.15) is 0 Å². The van der Waals surface area contributed by atoms with Crippen LogP contribution in [-0.2, 0) is 10.0 Å². The lowest BCUT2D eigenvalue weighted by molar-refractivity contribution is 0.383. The average molecular weight is 318 g/mol. The van der Waals surface area contributed by atoms with Crippen LogP contribution in [0.2, 0.25) is 0 Å². The molecule has 0 saturated carbocycles. The number of hydrogen-bond donors (Lipinski definition) is 0. The lowest BCUT2D eigenvalue weighted by Crippen LogP contribution is -2.48. The Labute approximate surface area is 130 Å². The van der Waals surface area contributed by atoms with E-state index in [4.69, 9.17) is 0 Å². The fourth-order valence-corrected chi connectivity index (χ4v) is 3.90. The highest BCUT2D eigenvalue weighted by Gasteiger charge is 2.28. The molecule has 0 atom stereocenters. The first-order valence-corrected chi connectivity index (χ1v) is 8.61. The molecule has 0 N–H and O–H groups in total. The minimum absolute atomic E-state index is 0.353. The maximum Gasteiger partial charge on any atom is 0.243 e. The Hall–Kier alpha value is -1.99. The second-order valence-electron chi connectivity index (χ2n) is 5.29. The molecule has 1 saturated heterocycles. The van der Waals surface area contributed by atoms with E-state index in [2.05, 4.69) is 10.2 Å². The first-order chi connectivity index (χ1) is 10.6. The van der Waals surface area contributed by atoms with Crippen LogP contribution in [0.5, 0.6) is 0 Å². The number of aromatic nitrogens is 2. The molecule has 1 aliphatic heterocycles. The third-order valence-corrected chi connectivity index (χ3v) is 5.69. The number of rotatable bonds is 3. The highest BCUT2D eigenvalue weighted by molar-refractivity contribution is 7.89. The third kappa shape index (κ3) is 2.95. The van der Waals surface area contributed by atoms with Gasteiger partial charge in [0.15, 0.2) is 5.82 Å². The molecule has 0 spiro atoms. The van der Waals surface area contributed by atoms with E-state index >= 15 is 0 Å². The summed E-state index contributed by atoms with van der Waals surface area (Å²) in [5.74, 6) is 0.787. The molecule has 22 heavy (non-hydrogen) atoms. The monoisotopic (exact) mass is 318 g/mol. The van der Waals surface area contributed by atoms with Crippen molar-refractivity contribution in [1.29, 1.82) is 0 Å². The maximum absolute atomic E-state index is 12.6. The molecular weight excluding hydrogens is 300 g/mol. The highest BCUT2D eigenvalue weighted by Crippen LogP contribution is 2.19. The fourth-order valence-electron chi connectivity index (χ4n) is 2.48. The Kier molecular flexibility index (Phi) is 4.08. The first kappa shape index (κ1) is 14.9. The average Bonchev–Trinajstić information content (AvgIpc) is 2.56. The van der Waals surface area contributed by atoms with Crippen LogP contribution < -0.4 is 4.90 Å². The van der Waals surface area contributed by atoms with Gasteiger partial charge in [-0.05, 0) is 31.2 Å². The Morgan fingerprint density at radius 3 is 2.27 bits per heavy atom. The summed E-state index contributed by atoms with van der Waals surface area (Å²) in [6.45, 7) is 4.07. The van der Waals surface area contributed by atoms with E-state index < -0.39 is 10.0 Å². The standard InChI is InChI=1S/C15H18N4O2S/c1-13-4-6-14(7-5-13)22(20,21)19-11-9-18(10-12-19)15-3-2-8-16-17-15/h2-8H,9-12H2,1H3. The minimum Gasteiger partial charge on any atom is -0.352 e. The van der Waals surface area contributed by atoms with Crippen LogP contribution in [0, 0.1) is 6.92 Å². The molecule has 1 fully saturated rings. The van der Waals surface area contributed by atoms with Crippen molar-refractivity contribution in [2.75, 3.05) is 31.1 Å². The zero-order chi connectivity index (χ0) is 15.6. The van der Waals surface area contributed by atoms with Crippen molar-refractivity contribution in [2.24, 2.45) is 0 Å². The molecule has 7 heteroatoms. The Balaban J connectivity index is 1.72. The molecule has 0 radical (unpaired) electrons. The molecule has 0 amide bonds. The van der Waals surface area contributed by atoms with E-state index in [-0.39, 0.29) is 0 Å². The van der Waals surface area contributed by atoms with Crippen molar-refractivity contribution < 1.29 is 8.42 Å². The van der Waals surface area contributed by atoms with Gasteiger partial charge < -0.3 is 4.90 Å². The summed E-state index contributed by atoms with van der Waals surface area (Å²) < 4.78 is 26.8. The molecule has 2 aromatic rings. The van der Waals surface area contributed by atoms with Crippen molar-refractivity contribution in [3.63, 3.8) is 0 Å². The first-order valence-electron chi connectivity index (χ1n) is 7.17. The van der Waals surface area contributed by atoms with E-state index in [0.717, 1.165) is 11.4 Å². The molecule has 0 aliphatic carbocycles. The molecule has 1 aromatic heterocycles. The second-order valence-corrected chi connectivity index (χ2v) is 7.22. The van der Waals surface area contributed by atoms with E-state index in [0.29, 0.717) is 31.1 Å². The topological polar surface area (TPSA) is 66.4 Å². The molecule has 2 heterocycles. The summed E-state index contributed by atoms with van der Waals surface area (Å²) in [4.78, 5) is 2.40. The highest BCUT2D eigenvalue weighted by atomic mass is 32.2. The predicted molar refractivity (Wildman–Crippen MR) is 84.2 cm³/mol. The zero-order valence-corrected chi connectivity index (χ0v) is 13.2. The van der Waals surface area contributed by atoms with E-state index in [9.17, 15) is 8.42 Å². The van der Waals surface area contributed by atoms with Crippen LogP contribution in [0.15, 0.2) is 47.5 Å². The van der Waals surface area contributed by atoms with Crippen LogP contribution in [0.4, 0.5) is 5.82 Å².